The molecule has 23 heavy (non-hydrogen) atoms. The van der Waals surface area contributed by atoms with Crippen molar-refractivity contribution in [2.24, 2.45) is 4.99 Å². The van der Waals surface area contributed by atoms with Crippen molar-refractivity contribution in [2.45, 2.75) is 31.4 Å². The molecule has 124 valence electrons. The molecule has 0 bridgehead atoms. The Kier molecular flexibility index (Phi) is 5.43. The third-order valence-corrected chi connectivity index (χ3v) is 5.54. The minimum absolute atomic E-state index is 0.731. The Morgan fingerprint density at radius 2 is 2.39 bits per heavy atom. The van der Waals surface area contributed by atoms with Crippen LogP contribution in [0.15, 0.2) is 29.5 Å². The average Bonchev–Trinajstić information content (AvgIpc) is 3.20. The molecule has 1 aliphatic rings. The van der Waals surface area contributed by atoms with Gasteiger partial charge in [0, 0.05) is 44.2 Å². The number of aromatic nitrogens is 2. The Labute approximate surface area is 142 Å². The molecule has 1 aliphatic heterocycles. The molecule has 1 atom stereocenters. The van der Waals surface area contributed by atoms with E-state index in [1.165, 1.54) is 24.2 Å². The van der Waals surface area contributed by atoms with Crippen molar-refractivity contribution in [1.82, 2.24) is 20.0 Å². The molecule has 0 amide bonds. The number of imidazole rings is 1. The van der Waals surface area contributed by atoms with Gasteiger partial charge in [0.25, 0.3) is 0 Å². The predicted octanol–water partition coefficient (Wildman–Crippen LogP) is 2.25. The summed E-state index contributed by atoms with van der Waals surface area (Å²) < 4.78 is 2.09. The van der Waals surface area contributed by atoms with Crippen LogP contribution in [-0.2, 0) is 6.42 Å². The topological polar surface area (TPSA) is 53.7 Å². The first-order chi connectivity index (χ1) is 11.3. The molecule has 3 rings (SSSR count). The van der Waals surface area contributed by atoms with Crippen molar-refractivity contribution in [1.29, 1.82) is 0 Å². The van der Waals surface area contributed by atoms with Crippen LogP contribution in [0.1, 0.15) is 24.1 Å². The normalized spacial score (nSPS) is 18.5. The van der Waals surface area contributed by atoms with Crippen molar-refractivity contribution >= 4 is 23.4 Å². The number of fused-ring (bicyclic) bond motifs is 1. The van der Waals surface area contributed by atoms with Gasteiger partial charge in [-0.1, -0.05) is 6.07 Å². The van der Waals surface area contributed by atoms with E-state index in [1.54, 1.807) is 0 Å². The summed E-state index contributed by atoms with van der Waals surface area (Å²) in [5, 5.41) is 7.54. The molecule has 1 unspecified atom stereocenters. The summed E-state index contributed by atoms with van der Waals surface area (Å²) in [6, 6.07) is 4.15. The van der Waals surface area contributed by atoms with Gasteiger partial charge in [-0.2, -0.15) is 11.8 Å². The van der Waals surface area contributed by atoms with E-state index in [0.717, 1.165) is 42.1 Å². The molecule has 2 aromatic heterocycles. The molecule has 0 aromatic carbocycles. The Morgan fingerprint density at radius 3 is 3.13 bits per heavy atom. The summed E-state index contributed by atoms with van der Waals surface area (Å²) in [7, 11) is 1.82. The summed E-state index contributed by atoms with van der Waals surface area (Å²) in [5.74, 6) is 2.18. The summed E-state index contributed by atoms with van der Waals surface area (Å²) >= 11 is 2.06. The number of nitrogens with one attached hydrogen (secondary N) is 2. The quantitative estimate of drug-likeness (QED) is 0.652. The SMILES string of the molecule is CN=C(NCCc1cn2cccc(C)c2n1)NCC1CCCS1. The van der Waals surface area contributed by atoms with Crippen LogP contribution in [0.2, 0.25) is 0 Å². The monoisotopic (exact) mass is 331 g/mol. The summed E-state index contributed by atoms with van der Waals surface area (Å²) in [6.45, 7) is 3.93. The Balaban J connectivity index is 1.47. The second-order valence-corrected chi connectivity index (χ2v) is 7.33. The zero-order chi connectivity index (χ0) is 16.1. The van der Waals surface area contributed by atoms with Crippen molar-refractivity contribution in [3.8, 4) is 0 Å². The lowest BCUT2D eigenvalue weighted by Gasteiger charge is -2.14. The van der Waals surface area contributed by atoms with E-state index in [2.05, 4.69) is 57.0 Å². The summed E-state index contributed by atoms with van der Waals surface area (Å²) in [6.07, 6.45) is 7.70. The Hall–Kier alpha value is -1.69. The molecule has 0 aliphatic carbocycles. The Morgan fingerprint density at radius 1 is 1.48 bits per heavy atom. The number of hydrogen-bond acceptors (Lipinski definition) is 3. The zero-order valence-corrected chi connectivity index (χ0v) is 14.7. The van der Waals surface area contributed by atoms with Crippen LogP contribution in [0, 0.1) is 6.92 Å². The van der Waals surface area contributed by atoms with Crippen molar-refractivity contribution < 1.29 is 0 Å². The molecule has 0 saturated carbocycles. The highest BCUT2D eigenvalue weighted by Crippen LogP contribution is 2.25. The molecule has 1 fully saturated rings. The van der Waals surface area contributed by atoms with Gasteiger partial charge in [-0.3, -0.25) is 4.99 Å². The molecule has 5 nitrogen and oxygen atoms in total. The average molecular weight is 331 g/mol. The second kappa shape index (κ2) is 7.73. The number of nitrogens with zero attached hydrogens (tertiary/aromatic N) is 3. The van der Waals surface area contributed by atoms with Crippen LogP contribution < -0.4 is 10.6 Å². The predicted molar refractivity (Wildman–Crippen MR) is 98.5 cm³/mol. The van der Waals surface area contributed by atoms with Gasteiger partial charge < -0.3 is 15.0 Å². The molecular weight excluding hydrogens is 306 g/mol. The third-order valence-electron chi connectivity index (χ3n) is 4.15. The first-order valence-electron chi connectivity index (χ1n) is 8.25. The van der Waals surface area contributed by atoms with Gasteiger partial charge in [0.05, 0.1) is 5.69 Å². The van der Waals surface area contributed by atoms with E-state index < -0.39 is 0 Å². The lowest BCUT2D eigenvalue weighted by atomic mass is 10.2. The largest absolute Gasteiger partial charge is 0.356 e. The number of rotatable bonds is 5. The van der Waals surface area contributed by atoms with Crippen LogP contribution in [0.5, 0.6) is 0 Å². The van der Waals surface area contributed by atoms with Gasteiger partial charge in [0.15, 0.2) is 5.96 Å². The highest BCUT2D eigenvalue weighted by atomic mass is 32.2. The number of pyridine rings is 1. The maximum absolute atomic E-state index is 4.70. The van der Waals surface area contributed by atoms with E-state index in [-0.39, 0.29) is 0 Å². The first kappa shape index (κ1) is 16.2. The maximum Gasteiger partial charge on any atom is 0.191 e. The highest BCUT2D eigenvalue weighted by Gasteiger charge is 2.15. The number of thioether (sulfide) groups is 1. The van der Waals surface area contributed by atoms with Crippen LogP contribution in [-0.4, -0.2) is 46.5 Å². The maximum atomic E-state index is 4.70. The minimum Gasteiger partial charge on any atom is -0.356 e. The van der Waals surface area contributed by atoms with Gasteiger partial charge in [-0.05, 0) is 37.1 Å². The van der Waals surface area contributed by atoms with Crippen LogP contribution in [0.3, 0.4) is 0 Å². The standard InChI is InChI=1S/C17H25N5S/c1-13-5-3-9-22-12-14(21-16(13)22)7-8-19-17(18-2)20-11-15-6-4-10-23-15/h3,5,9,12,15H,4,6-8,10-11H2,1-2H3,(H2,18,19,20). The van der Waals surface area contributed by atoms with Crippen molar-refractivity contribution in [3.05, 3.63) is 35.8 Å². The van der Waals surface area contributed by atoms with E-state index in [9.17, 15) is 0 Å². The van der Waals surface area contributed by atoms with Crippen molar-refractivity contribution in [3.63, 3.8) is 0 Å². The first-order valence-corrected chi connectivity index (χ1v) is 9.30. The fourth-order valence-corrected chi connectivity index (χ4v) is 4.07. The molecule has 1 saturated heterocycles. The van der Waals surface area contributed by atoms with E-state index in [0.29, 0.717) is 0 Å². The van der Waals surface area contributed by atoms with Gasteiger partial charge in [-0.15, -0.1) is 0 Å². The smallest absolute Gasteiger partial charge is 0.191 e. The van der Waals surface area contributed by atoms with Crippen LogP contribution >= 0.6 is 11.8 Å². The molecule has 0 spiro atoms. The van der Waals surface area contributed by atoms with Crippen LogP contribution in [0.25, 0.3) is 5.65 Å². The zero-order valence-electron chi connectivity index (χ0n) is 13.9. The minimum atomic E-state index is 0.731. The van der Waals surface area contributed by atoms with E-state index >= 15 is 0 Å². The van der Waals surface area contributed by atoms with Gasteiger partial charge in [0.1, 0.15) is 5.65 Å². The third kappa shape index (κ3) is 4.19. The molecule has 3 heterocycles. The van der Waals surface area contributed by atoms with E-state index in [1.807, 2.05) is 13.2 Å². The molecule has 6 heteroatoms. The molecule has 2 aromatic rings. The highest BCUT2D eigenvalue weighted by molar-refractivity contribution is 8.00. The lowest BCUT2D eigenvalue weighted by Crippen LogP contribution is -2.40. The fourth-order valence-electron chi connectivity index (χ4n) is 2.87. The fraction of sp³-hybridized carbons (Fsp3) is 0.529. The molecule has 2 N–H and O–H groups in total. The van der Waals surface area contributed by atoms with Crippen molar-refractivity contribution in [2.75, 3.05) is 25.9 Å². The van der Waals surface area contributed by atoms with E-state index in [4.69, 9.17) is 4.98 Å². The number of aliphatic imine (C=N–C) groups is 1. The number of hydrogen-bond donors (Lipinski definition) is 2. The summed E-state index contributed by atoms with van der Waals surface area (Å²) in [4.78, 5) is 9.00. The summed E-state index contributed by atoms with van der Waals surface area (Å²) in [5.41, 5.74) is 3.36. The molecule has 0 radical (unpaired) electrons. The van der Waals surface area contributed by atoms with Gasteiger partial charge >= 0.3 is 0 Å². The number of guanidine groups is 1. The number of aryl methyl sites for hydroxylation is 1. The van der Waals surface area contributed by atoms with Crippen LogP contribution in [0.4, 0.5) is 0 Å². The van der Waals surface area contributed by atoms with Gasteiger partial charge in [-0.25, -0.2) is 4.98 Å². The molecular formula is C17H25N5S. The van der Waals surface area contributed by atoms with Gasteiger partial charge in [0.2, 0.25) is 0 Å². The lowest BCUT2D eigenvalue weighted by molar-refractivity contribution is 0.723. The second-order valence-electron chi connectivity index (χ2n) is 5.92. The Bertz CT molecular complexity index is 673.